The number of carbonyl (C=O) groups is 2. The number of nitrogens with zero attached hydrogens (tertiary/aromatic N) is 2. The van der Waals surface area contributed by atoms with E-state index in [1.165, 1.54) is 0 Å². The van der Waals surface area contributed by atoms with E-state index in [0.717, 1.165) is 5.69 Å². The Morgan fingerprint density at radius 2 is 2.00 bits per heavy atom. The maximum atomic E-state index is 12.1. The summed E-state index contributed by atoms with van der Waals surface area (Å²) in [5.74, 6) is 0.169. The highest BCUT2D eigenvalue weighted by atomic mass is 16.2. The van der Waals surface area contributed by atoms with Crippen LogP contribution < -0.4 is 10.6 Å². The molecule has 2 aromatic rings. The molecule has 0 aliphatic heterocycles. The van der Waals surface area contributed by atoms with Crippen LogP contribution in [0.15, 0.2) is 36.5 Å². The third kappa shape index (κ3) is 4.67. The van der Waals surface area contributed by atoms with Crippen LogP contribution in [0.5, 0.6) is 0 Å². The van der Waals surface area contributed by atoms with Gasteiger partial charge in [-0.2, -0.15) is 0 Å². The van der Waals surface area contributed by atoms with Crippen molar-refractivity contribution in [3.05, 3.63) is 47.9 Å². The first-order valence-electron chi connectivity index (χ1n) is 7.66. The van der Waals surface area contributed by atoms with Gasteiger partial charge in [-0.1, -0.05) is 6.07 Å². The Kier molecular flexibility index (Phi) is 5.51. The third-order valence-electron chi connectivity index (χ3n) is 3.36. The van der Waals surface area contributed by atoms with E-state index in [4.69, 9.17) is 0 Å². The van der Waals surface area contributed by atoms with E-state index >= 15 is 0 Å². The molecule has 0 bridgehead atoms. The second kappa shape index (κ2) is 7.58. The van der Waals surface area contributed by atoms with Crippen molar-refractivity contribution in [1.29, 1.82) is 0 Å². The first kappa shape index (κ1) is 16.7. The van der Waals surface area contributed by atoms with Crippen molar-refractivity contribution in [3.63, 3.8) is 0 Å². The van der Waals surface area contributed by atoms with Crippen molar-refractivity contribution in [2.45, 2.75) is 33.2 Å². The van der Waals surface area contributed by atoms with Gasteiger partial charge in [0.15, 0.2) is 0 Å². The summed E-state index contributed by atoms with van der Waals surface area (Å²) in [4.78, 5) is 28.2. The summed E-state index contributed by atoms with van der Waals surface area (Å²) in [6.45, 7) is 6.16. The first-order valence-corrected chi connectivity index (χ1v) is 7.66. The minimum Gasteiger partial charge on any atom is -0.350 e. The lowest BCUT2D eigenvalue weighted by Gasteiger charge is -2.12. The van der Waals surface area contributed by atoms with Gasteiger partial charge in [-0.05, 0) is 45.0 Å². The highest BCUT2D eigenvalue weighted by Gasteiger charge is 2.12. The SMILES string of the molecule is Cc1cccc(NC(=O)CCNC(=O)c2cccn2C(C)C)n1. The summed E-state index contributed by atoms with van der Waals surface area (Å²) in [6.07, 6.45) is 2.07. The van der Waals surface area contributed by atoms with Gasteiger partial charge >= 0.3 is 0 Å². The van der Waals surface area contributed by atoms with Crippen LogP contribution in [0.4, 0.5) is 5.82 Å². The van der Waals surface area contributed by atoms with Crippen LogP contribution in [-0.2, 0) is 4.79 Å². The highest BCUT2D eigenvalue weighted by Crippen LogP contribution is 2.10. The molecule has 2 heterocycles. The predicted octanol–water partition coefficient (Wildman–Crippen LogP) is 2.53. The highest BCUT2D eigenvalue weighted by molar-refractivity contribution is 5.94. The van der Waals surface area contributed by atoms with Gasteiger partial charge in [0.1, 0.15) is 11.5 Å². The molecule has 0 aliphatic rings. The molecule has 2 rings (SSSR count). The summed E-state index contributed by atoms with van der Waals surface area (Å²) in [6, 6.07) is 9.25. The van der Waals surface area contributed by atoms with Crippen molar-refractivity contribution in [3.8, 4) is 0 Å². The molecule has 0 atom stereocenters. The van der Waals surface area contributed by atoms with E-state index in [-0.39, 0.29) is 30.8 Å². The Labute approximate surface area is 135 Å². The summed E-state index contributed by atoms with van der Waals surface area (Å²) < 4.78 is 1.89. The molecular formula is C17H22N4O2. The van der Waals surface area contributed by atoms with Crippen molar-refractivity contribution >= 4 is 17.6 Å². The lowest BCUT2D eigenvalue weighted by atomic mass is 10.3. The average Bonchev–Trinajstić information content (AvgIpc) is 2.96. The molecule has 0 saturated heterocycles. The molecule has 2 N–H and O–H groups in total. The fourth-order valence-corrected chi connectivity index (χ4v) is 2.23. The Bertz CT molecular complexity index is 691. The minimum absolute atomic E-state index is 0.176. The quantitative estimate of drug-likeness (QED) is 0.860. The van der Waals surface area contributed by atoms with Gasteiger partial charge < -0.3 is 15.2 Å². The maximum Gasteiger partial charge on any atom is 0.267 e. The molecule has 0 aliphatic carbocycles. The molecule has 0 saturated carbocycles. The molecule has 0 radical (unpaired) electrons. The molecule has 122 valence electrons. The van der Waals surface area contributed by atoms with Crippen LogP contribution >= 0.6 is 0 Å². The van der Waals surface area contributed by atoms with Gasteiger partial charge in [0.05, 0.1) is 0 Å². The van der Waals surface area contributed by atoms with Crippen LogP contribution in [0.1, 0.15) is 42.5 Å². The molecule has 6 heteroatoms. The maximum absolute atomic E-state index is 12.1. The van der Waals surface area contributed by atoms with Gasteiger partial charge in [0, 0.05) is 30.9 Å². The zero-order valence-corrected chi connectivity index (χ0v) is 13.7. The van der Waals surface area contributed by atoms with Gasteiger partial charge in [-0.25, -0.2) is 4.98 Å². The normalized spacial score (nSPS) is 10.6. The van der Waals surface area contributed by atoms with Crippen LogP contribution in [0, 0.1) is 6.92 Å². The number of rotatable bonds is 6. The summed E-state index contributed by atoms with van der Waals surface area (Å²) >= 11 is 0. The molecule has 6 nitrogen and oxygen atoms in total. The van der Waals surface area contributed by atoms with E-state index in [1.807, 2.05) is 49.7 Å². The largest absolute Gasteiger partial charge is 0.350 e. The van der Waals surface area contributed by atoms with Crippen LogP contribution in [0.25, 0.3) is 0 Å². The van der Waals surface area contributed by atoms with E-state index in [9.17, 15) is 9.59 Å². The molecule has 0 unspecified atom stereocenters. The lowest BCUT2D eigenvalue weighted by molar-refractivity contribution is -0.116. The predicted molar refractivity (Wildman–Crippen MR) is 89.4 cm³/mol. The van der Waals surface area contributed by atoms with Gasteiger partial charge in [0.25, 0.3) is 5.91 Å². The molecule has 23 heavy (non-hydrogen) atoms. The van der Waals surface area contributed by atoms with Crippen molar-refractivity contribution in [2.75, 3.05) is 11.9 Å². The number of amides is 2. The molecule has 0 aromatic carbocycles. The van der Waals surface area contributed by atoms with Crippen molar-refractivity contribution in [1.82, 2.24) is 14.9 Å². The van der Waals surface area contributed by atoms with Gasteiger partial charge in [-0.3, -0.25) is 9.59 Å². The number of nitrogens with one attached hydrogen (secondary N) is 2. The summed E-state index contributed by atoms with van der Waals surface area (Å²) in [5, 5.41) is 5.48. The Balaban J connectivity index is 1.81. The monoisotopic (exact) mass is 314 g/mol. The first-order chi connectivity index (χ1) is 11.0. The average molecular weight is 314 g/mol. The van der Waals surface area contributed by atoms with Crippen LogP contribution in [0.3, 0.4) is 0 Å². The van der Waals surface area contributed by atoms with E-state index in [0.29, 0.717) is 11.5 Å². The second-order valence-electron chi connectivity index (χ2n) is 5.61. The number of hydrogen-bond donors (Lipinski definition) is 2. The summed E-state index contributed by atoms with van der Waals surface area (Å²) in [7, 11) is 0. The molecular weight excluding hydrogens is 292 g/mol. The van der Waals surface area contributed by atoms with E-state index < -0.39 is 0 Å². The van der Waals surface area contributed by atoms with Gasteiger partial charge in [-0.15, -0.1) is 0 Å². The fourth-order valence-electron chi connectivity index (χ4n) is 2.23. The lowest BCUT2D eigenvalue weighted by Crippen LogP contribution is -2.29. The Morgan fingerprint density at radius 3 is 2.70 bits per heavy atom. The number of anilines is 1. The van der Waals surface area contributed by atoms with Crippen molar-refractivity contribution in [2.24, 2.45) is 0 Å². The van der Waals surface area contributed by atoms with Crippen LogP contribution in [-0.4, -0.2) is 27.9 Å². The standard InChI is InChI=1S/C17H22N4O2/c1-12(2)21-11-5-7-14(21)17(23)18-10-9-16(22)20-15-8-4-6-13(3)19-15/h4-8,11-12H,9-10H2,1-3H3,(H,18,23)(H,19,20,22). The third-order valence-corrected chi connectivity index (χ3v) is 3.36. The van der Waals surface area contributed by atoms with E-state index in [1.54, 1.807) is 12.1 Å². The number of hydrogen-bond acceptors (Lipinski definition) is 3. The number of aromatic nitrogens is 2. The molecule has 0 spiro atoms. The molecule has 0 fully saturated rings. The Morgan fingerprint density at radius 1 is 1.22 bits per heavy atom. The second-order valence-corrected chi connectivity index (χ2v) is 5.61. The molecule has 2 amide bonds. The molecule has 2 aromatic heterocycles. The fraction of sp³-hybridized carbons (Fsp3) is 0.353. The van der Waals surface area contributed by atoms with Crippen LogP contribution in [0.2, 0.25) is 0 Å². The Hall–Kier alpha value is -2.63. The zero-order chi connectivity index (χ0) is 16.8. The number of pyridine rings is 1. The smallest absolute Gasteiger partial charge is 0.267 e. The summed E-state index contributed by atoms with van der Waals surface area (Å²) in [5.41, 5.74) is 1.44. The minimum atomic E-state index is -0.178. The number of aryl methyl sites for hydroxylation is 1. The van der Waals surface area contributed by atoms with E-state index in [2.05, 4.69) is 15.6 Å². The van der Waals surface area contributed by atoms with Crippen molar-refractivity contribution < 1.29 is 9.59 Å². The van der Waals surface area contributed by atoms with Gasteiger partial charge in [0.2, 0.25) is 5.91 Å². The topological polar surface area (TPSA) is 76.0 Å². The zero-order valence-electron chi connectivity index (χ0n) is 13.7. The number of carbonyl (C=O) groups excluding carboxylic acids is 2.